The van der Waals surface area contributed by atoms with Crippen LogP contribution in [0.15, 0.2) is 75.0 Å². The molecule has 0 aliphatic heterocycles. The Balaban J connectivity index is 2.72. The van der Waals surface area contributed by atoms with Gasteiger partial charge < -0.3 is 10.0 Å². The second-order valence-corrected chi connectivity index (χ2v) is 19.1. The van der Waals surface area contributed by atoms with E-state index in [1.165, 1.54) is 67.6 Å². The maximum atomic E-state index is 12.1. The van der Waals surface area contributed by atoms with E-state index < -0.39 is 88.3 Å². The molecule has 0 saturated carbocycles. The van der Waals surface area contributed by atoms with Gasteiger partial charge in [-0.05, 0) is 57.0 Å². The Bertz CT molecular complexity index is 2480. The van der Waals surface area contributed by atoms with Gasteiger partial charge >= 0.3 is 5.97 Å². The summed E-state index contributed by atoms with van der Waals surface area (Å²) in [5, 5.41) is 9.68. The fraction of sp³-hybridized carbons (Fsp3) is 0.333. The number of benzene rings is 2. The number of carboxylic acid groups (broad SMARTS) is 1. The Morgan fingerprint density at radius 2 is 1.24 bits per heavy atom. The molecule has 0 heterocycles. The highest BCUT2D eigenvalue weighted by atomic mass is 32.2. The van der Waals surface area contributed by atoms with Gasteiger partial charge in [0.25, 0.3) is 50.6 Å². The molecule has 0 unspecified atom stereocenters. The quantitative estimate of drug-likeness (QED) is 0.0543. The number of hydrogen-bond donors (Lipinski definition) is 6. The molecule has 0 aliphatic carbocycles. The summed E-state index contributed by atoms with van der Waals surface area (Å²) in [4.78, 5) is 10.8. The summed E-state index contributed by atoms with van der Waals surface area (Å²) >= 11 is 0. The largest absolute Gasteiger partial charge is 0.478 e. The first kappa shape index (κ1) is 46.3. The molecule has 2 aromatic carbocycles. The van der Waals surface area contributed by atoms with E-state index in [2.05, 4.69) is 0 Å². The van der Waals surface area contributed by atoms with E-state index in [4.69, 9.17) is 0 Å². The van der Waals surface area contributed by atoms with Crippen LogP contribution < -0.4 is 4.90 Å². The predicted molar refractivity (Wildman–Crippen MR) is 196 cm³/mol. The Morgan fingerprint density at radius 1 is 0.704 bits per heavy atom. The summed E-state index contributed by atoms with van der Waals surface area (Å²) in [6.07, 6.45) is 6.72. The van der Waals surface area contributed by atoms with Crippen molar-refractivity contribution in [2.45, 2.75) is 55.2 Å². The number of carbonyl (C=O) groups is 1. The van der Waals surface area contributed by atoms with Gasteiger partial charge in [-0.1, -0.05) is 18.2 Å². The van der Waals surface area contributed by atoms with Crippen molar-refractivity contribution in [2.24, 2.45) is 0 Å². The molecule has 0 spiro atoms. The van der Waals surface area contributed by atoms with Crippen LogP contribution in [0.3, 0.4) is 0 Å². The summed E-state index contributed by atoms with van der Waals surface area (Å²) in [5.41, 5.74) is -0.247. The highest BCUT2D eigenvalue weighted by Crippen LogP contribution is 2.32. The van der Waals surface area contributed by atoms with Crippen LogP contribution >= 0.6 is 0 Å². The van der Waals surface area contributed by atoms with Crippen molar-refractivity contribution in [1.82, 2.24) is 0 Å². The molecule has 54 heavy (non-hydrogen) atoms. The highest BCUT2D eigenvalue weighted by Gasteiger charge is 2.28. The van der Waals surface area contributed by atoms with Crippen LogP contribution in [0.5, 0.6) is 0 Å². The van der Waals surface area contributed by atoms with Crippen molar-refractivity contribution in [3.63, 3.8) is 0 Å². The van der Waals surface area contributed by atoms with Gasteiger partial charge in [0, 0.05) is 49.0 Å². The van der Waals surface area contributed by atoms with E-state index in [9.17, 15) is 74.8 Å². The maximum absolute atomic E-state index is 12.1. The molecule has 6 N–H and O–H groups in total. The van der Waals surface area contributed by atoms with E-state index in [0.717, 1.165) is 18.2 Å². The van der Waals surface area contributed by atoms with Crippen LogP contribution in [-0.2, 0) is 50.6 Å². The molecule has 19 nitrogen and oxygen atoms in total. The molecule has 0 radical (unpaired) electrons. The molecule has 0 atom stereocenters. The monoisotopic (exact) mass is 859 g/mol. The molecule has 300 valence electrons. The lowest BCUT2D eigenvalue weighted by Crippen LogP contribution is -2.26. The Kier molecular flexibility index (Phi) is 15.2. The molecule has 24 heteroatoms. The van der Waals surface area contributed by atoms with Crippen LogP contribution in [0, 0.1) is 13.8 Å². The molecule has 0 aliphatic rings. The lowest BCUT2D eigenvalue weighted by atomic mass is 10.0. The first-order chi connectivity index (χ1) is 24.4. The molecule has 0 fully saturated rings. The van der Waals surface area contributed by atoms with Gasteiger partial charge in [-0.2, -0.15) is 46.7 Å². The lowest BCUT2D eigenvalue weighted by Gasteiger charge is -2.28. The molecule has 0 aromatic heterocycles. The van der Waals surface area contributed by atoms with Gasteiger partial charge in [-0.15, -0.1) is 0 Å². The third-order valence-electron chi connectivity index (χ3n) is 7.66. The number of carboxylic acids is 1. The number of aromatic carboxylic acids is 1. The number of rotatable bonds is 18. The Hall–Kier alpha value is -3.85. The number of anilines is 1. The standard InChI is InChI=1S/C30H38N2O17S5/c1-20(31(12-8-14-50(35,36)37)27-17-24(52(41,42)43)16-26(22(27)3)30(33)34)10-6-5-7-11-21(2)32(13-9-15-51(38,39)40)28-18-25(53(44,45)46)19-29(23(28)4)54(47,48)49/h5-7,10-11,16-19H,8-9,12-15H2,1-4H3,(H5-,33,34,35,36,37,38,39,40,41,42,43,44,45,46,47,48,49)/p+1. The Morgan fingerprint density at radius 3 is 1.74 bits per heavy atom. The fourth-order valence-electron chi connectivity index (χ4n) is 5.09. The lowest BCUT2D eigenvalue weighted by molar-refractivity contribution is -0.441. The summed E-state index contributed by atoms with van der Waals surface area (Å²) in [6, 6.07) is 3.19. The van der Waals surface area contributed by atoms with Gasteiger partial charge in [0.1, 0.15) is 16.3 Å². The third-order valence-corrected chi connectivity index (χ3v) is 11.9. The zero-order chi connectivity index (χ0) is 41.6. The summed E-state index contributed by atoms with van der Waals surface area (Å²) in [6.45, 7) is 5.13. The maximum Gasteiger partial charge on any atom is 0.336 e. The molecule has 2 aromatic rings. The van der Waals surface area contributed by atoms with Gasteiger partial charge in [-0.25, -0.2) is 4.79 Å². The first-order valence-corrected chi connectivity index (χ1v) is 22.7. The fourth-order valence-corrected chi connectivity index (χ4v) is 7.97. The Labute approximate surface area is 313 Å². The minimum atomic E-state index is -5.03. The number of allylic oxidation sites excluding steroid dienone is 6. The number of hydrogen-bond acceptors (Lipinski definition) is 12. The minimum absolute atomic E-state index is 0.0213. The molecule has 0 bridgehead atoms. The third kappa shape index (κ3) is 13.8. The molecular formula is C30H39N2O17S5+. The van der Waals surface area contributed by atoms with Crippen LogP contribution in [0.2, 0.25) is 0 Å². The van der Waals surface area contributed by atoms with Crippen molar-refractivity contribution >= 4 is 73.6 Å². The molecule has 2 rings (SSSR count). The van der Waals surface area contributed by atoms with Gasteiger partial charge in [-0.3, -0.25) is 22.8 Å². The van der Waals surface area contributed by atoms with Gasteiger partial charge in [0.15, 0.2) is 5.71 Å². The average molecular weight is 860 g/mol. The van der Waals surface area contributed by atoms with Crippen LogP contribution in [0.1, 0.15) is 48.2 Å². The van der Waals surface area contributed by atoms with Crippen LogP contribution in [0.25, 0.3) is 0 Å². The first-order valence-electron chi connectivity index (χ1n) is 15.2. The van der Waals surface area contributed by atoms with Crippen molar-refractivity contribution in [1.29, 1.82) is 0 Å². The van der Waals surface area contributed by atoms with E-state index in [0.29, 0.717) is 11.8 Å². The van der Waals surface area contributed by atoms with Gasteiger partial charge in [0.2, 0.25) is 5.69 Å². The molecular weight excluding hydrogens is 821 g/mol. The second-order valence-electron chi connectivity index (χ2n) is 11.7. The smallest absolute Gasteiger partial charge is 0.336 e. The zero-order valence-electron chi connectivity index (χ0n) is 29.0. The molecule has 0 amide bonds. The van der Waals surface area contributed by atoms with E-state index >= 15 is 0 Å². The van der Waals surface area contributed by atoms with Crippen molar-refractivity contribution in [3.05, 3.63) is 77.0 Å². The number of nitrogens with zero attached hydrogens (tertiary/aromatic N) is 2. The van der Waals surface area contributed by atoms with E-state index in [1.54, 1.807) is 0 Å². The normalized spacial score (nSPS) is 14.1. The summed E-state index contributed by atoms with van der Waals surface area (Å²) in [5.74, 6) is -2.96. The van der Waals surface area contributed by atoms with Crippen molar-refractivity contribution < 1.29 is 79.3 Å². The summed E-state index contributed by atoms with van der Waals surface area (Å²) < 4.78 is 166. The second kappa shape index (κ2) is 17.7. The van der Waals surface area contributed by atoms with Crippen molar-refractivity contribution in [2.75, 3.05) is 29.5 Å². The SMILES string of the molecule is C\C(=C/C=C/C=C/C(C)=[N+](\CCCS(=O)(=O)O)c1cc(S(=O)(=O)O)cc(S(=O)(=O)O)c1C)N(CCCS(=O)(=O)O)c1cc(S(=O)(=O)O)cc(C(=O)O)c1C. The minimum Gasteiger partial charge on any atom is -0.478 e. The van der Waals surface area contributed by atoms with Crippen molar-refractivity contribution in [3.8, 4) is 0 Å². The average Bonchev–Trinajstić information content (AvgIpc) is 2.99. The van der Waals surface area contributed by atoms with Crippen LogP contribution in [0.4, 0.5) is 11.4 Å². The van der Waals surface area contributed by atoms with E-state index in [1.807, 2.05) is 0 Å². The van der Waals surface area contributed by atoms with Crippen LogP contribution in [-0.4, -0.2) is 111 Å². The topological polar surface area (TPSA) is 315 Å². The zero-order valence-corrected chi connectivity index (χ0v) is 33.1. The predicted octanol–water partition coefficient (Wildman–Crippen LogP) is 2.93. The summed E-state index contributed by atoms with van der Waals surface area (Å²) in [7, 11) is -23.8. The van der Waals surface area contributed by atoms with E-state index in [-0.39, 0.29) is 54.1 Å². The molecule has 0 saturated heterocycles. The highest BCUT2D eigenvalue weighted by molar-refractivity contribution is 7.87. The van der Waals surface area contributed by atoms with Gasteiger partial charge in [0.05, 0.1) is 22.0 Å².